The summed E-state index contributed by atoms with van der Waals surface area (Å²) in [6.45, 7) is 3.28. The smallest absolute Gasteiger partial charge is 0.321 e. The van der Waals surface area contributed by atoms with Crippen LogP contribution in [-0.2, 0) is 0 Å². The summed E-state index contributed by atoms with van der Waals surface area (Å²) in [6, 6.07) is 0.582. The third-order valence-electron chi connectivity index (χ3n) is 5.74. The monoisotopic (exact) mass is 382 g/mol. The number of carbonyl (C=O) groups excluding carboxylic acids is 1. The van der Waals surface area contributed by atoms with E-state index in [4.69, 9.17) is 0 Å². The van der Waals surface area contributed by atoms with Gasteiger partial charge in [0.05, 0.1) is 0 Å². The molecule has 3 fully saturated rings. The van der Waals surface area contributed by atoms with Gasteiger partial charge in [0.25, 0.3) is 0 Å². The number of urea groups is 1. The standard InChI is InChI=1S/C17H27FN6OS/c18-12-5-8-24(11-12)14-6-9-23(10-7-14)17-22-21-16(26-17)20-15(25)19-13-3-1-2-4-13/h12-14H,1-11H2,(H2,19,20,21,25)/t12-/m1/s1. The Kier molecular flexibility index (Phi) is 5.54. The van der Waals surface area contributed by atoms with Crippen molar-refractivity contribution >= 4 is 27.6 Å². The Balaban J connectivity index is 1.25. The molecule has 1 atom stereocenters. The molecule has 7 nitrogen and oxygen atoms in total. The van der Waals surface area contributed by atoms with Gasteiger partial charge in [-0.05, 0) is 32.1 Å². The molecule has 2 N–H and O–H groups in total. The van der Waals surface area contributed by atoms with Gasteiger partial charge in [0.2, 0.25) is 10.3 Å². The van der Waals surface area contributed by atoms with Gasteiger partial charge in [0.1, 0.15) is 6.17 Å². The number of carbonyl (C=O) groups is 1. The van der Waals surface area contributed by atoms with E-state index in [1.165, 1.54) is 24.2 Å². The molecule has 9 heteroatoms. The van der Waals surface area contributed by atoms with E-state index < -0.39 is 6.17 Å². The normalized spacial score (nSPS) is 25.7. The lowest BCUT2D eigenvalue weighted by molar-refractivity contribution is 0.192. The highest BCUT2D eigenvalue weighted by atomic mass is 32.1. The molecule has 2 amide bonds. The molecule has 3 heterocycles. The molecule has 144 valence electrons. The van der Waals surface area contributed by atoms with Crippen LogP contribution in [0.25, 0.3) is 0 Å². The zero-order valence-corrected chi connectivity index (χ0v) is 15.8. The zero-order chi connectivity index (χ0) is 17.9. The fraction of sp³-hybridized carbons (Fsp3) is 0.824. The van der Waals surface area contributed by atoms with Gasteiger partial charge in [0.15, 0.2) is 0 Å². The molecule has 0 bridgehead atoms. The molecule has 1 aromatic rings. The minimum absolute atomic E-state index is 0.187. The molecule has 1 aliphatic carbocycles. The number of piperidine rings is 1. The Labute approximate surface area is 157 Å². The van der Waals surface area contributed by atoms with E-state index in [1.807, 2.05) is 0 Å². The van der Waals surface area contributed by atoms with Crippen molar-refractivity contribution in [3.63, 3.8) is 0 Å². The summed E-state index contributed by atoms with van der Waals surface area (Å²) in [4.78, 5) is 16.6. The van der Waals surface area contributed by atoms with Gasteiger partial charge in [-0.25, -0.2) is 9.18 Å². The van der Waals surface area contributed by atoms with Gasteiger partial charge in [-0.2, -0.15) is 0 Å². The van der Waals surface area contributed by atoms with Crippen molar-refractivity contribution < 1.29 is 9.18 Å². The van der Waals surface area contributed by atoms with Crippen molar-refractivity contribution in [1.82, 2.24) is 20.4 Å². The Morgan fingerprint density at radius 1 is 1.08 bits per heavy atom. The van der Waals surface area contributed by atoms with E-state index in [0.29, 0.717) is 24.1 Å². The molecule has 0 aromatic carbocycles. The van der Waals surface area contributed by atoms with Crippen molar-refractivity contribution in [1.29, 1.82) is 0 Å². The van der Waals surface area contributed by atoms with Crippen LogP contribution < -0.4 is 15.5 Å². The number of alkyl halides is 1. The summed E-state index contributed by atoms with van der Waals surface area (Å²) in [7, 11) is 0. The summed E-state index contributed by atoms with van der Waals surface area (Å²) >= 11 is 1.42. The number of aromatic nitrogens is 2. The van der Waals surface area contributed by atoms with Gasteiger partial charge in [0, 0.05) is 38.3 Å². The van der Waals surface area contributed by atoms with E-state index in [1.54, 1.807) is 0 Å². The van der Waals surface area contributed by atoms with E-state index in [0.717, 1.165) is 50.4 Å². The van der Waals surface area contributed by atoms with Crippen LogP contribution >= 0.6 is 11.3 Å². The Hall–Kier alpha value is -1.48. The third-order valence-corrected chi connectivity index (χ3v) is 6.64. The highest BCUT2D eigenvalue weighted by Crippen LogP contribution is 2.29. The highest BCUT2D eigenvalue weighted by Gasteiger charge is 2.31. The summed E-state index contributed by atoms with van der Waals surface area (Å²) in [6.07, 6.45) is 6.57. The quantitative estimate of drug-likeness (QED) is 0.837. The number of hydrogen-bond donors (Lipinski definition) is 2. The van der Waals surface area contributed by atoms with Gasteiger partial charge in [-0.1, -0.05) is 24.2 Å². The van der Waals surface area contributed by atoms with Crippen LogP contribution in [0.2, 0.25) is 0 Å². The average molecular weight is 383 g/mol. The second-order valence-corrected chi connectivity index (χ2v) is 8.52. The maximum atomic E-state index is 13.4. The van der Waals surface area contributed by atoms with Crippen LogP contribution in [0.5, 0.6) is 0 Å². The Morgan fingerprint density at radius 2 is 1.85 bits per heavy atom. The minimum atomic E-state index is -0.653. The molecule has 1 saturated carbocycles. The van der Waals surface area contributed by atoms with Gasteiger partial charge in [-0.3, -0.25) is 10.2 Å². The zero-order valence-electron chi connectivity index (χ0n) is 15.0. The van der Waals surface area contributed by atoms with Crippen LogP contribution in [0, 0.1) is 0 Å². The van der Waals surface area contributed by atoms with E-state index in [-0.39, 0.29) is 12.1 Å². The summed E-state index contributed by atoms with van der Waals surface area (Å²) in [5, 5.41) is 15.5. The number of nitrogens with zero attached hydrogens (tertiary/aromatic N) is 4. The summed E-state index contributed by atoms with van der Waals surface area (Å²) < 4.78 is 13.4. The molecule has 4 rings (SSSR count). The maximum absolute atomic E-state index is 13.4. The first kappa shape index (κ1) is 17.9. The number of anilines is 2. The lowest BCUT2D eigenvalue weighted by Gasteiger charge is -2.36. The topological polar surface area (TPSA) is 73.4 Å². The lowest BCUT2D eigenvalue weighted by Crippen LogP contribution is -2.44. The van der Waals surface area contributed by atoms with Crippen molar-refractivity contribution in [3.8, 4) is 0 Å². The van der Waals surface area contributed by atoms with Crippen LogP contribution in [0.4, 0.5) is 19.4 Å². The predicted molar refractivity (Wildman–Crippen MR) is 101 cm³/mol. The maximum Gasteiger partial charge on any atom is 0.321 e. The second-order valence-electron chi connectivity index (χ2n) is 7.57. The molecule has 0 spiro atoms. The molecular weight excluding hydrogens is 355 g/mol. The first-order valence-electron chi connectivity index (χ1n) is 9.71. The number of halogens is 1. The van der Waals surface area contributed by atoms with Gasteiger partial charge >= 0.3 is 6.03 Å². The molecule has 0 unspecified atom stereocenters. The van der Waals surface area contributed by atoms with Crippen LogP contribution in [0.1, 0.15) is 44.9 Å². The average Bonchev–Trinajstić information content (AvgIpc) is 3.38. The molecule has 2 aliphatic heterocycles. The molecular formula is C17H27FN6OS. The lowest BCUT2D eigenvalue weighted by atomic mass is 10.0. The fourth-order valence-corrected chi connectivity index (χ4v) is 5.07. The first-order chi connectivity index (χ1) is 12.7. The Bertz CT molecular complexity index is 614. The minimum Gasteiger partial charge on any atom is -0.346 e. The van der Waals surface area contributed by atoms with Gasteiger partial charge in [-0.15, -0.1) is 10.2 Å². The number of hydrogen-bond acceptors (Lipinski definition) is 6. The summed E-state index contributed by atoms with van der Waals surface area (Å²) in [5.41, 5.74) is 0. The number of amides is 2. The molecule has 1 aromatic heterocycles. The largest absolute Gasteiger partial charge is 0.346 e. The molecule has 2 saturated heterocycles. The van der Waals surface area contributed by atoms with E-state index in [2.05, 4.69) is 30.6 Å². The Morgan fingerprint density at radius 3 is 2.54 bits per heavy atom. The van der Waals surface area contributed by atoms with E-state index in [9.17, 15) is 9.18 Å². The molecule has 0 radical (unpaired) electrons. The van der Waals surface area contributed by atoms with Crippen molar-refractivity contribution in [2.45, 2.75) is 63.2 Å². The highest BCUT2D eigenvalue weighted by molar-refractivity contribution is 7.19. The second kappa shape index (κ2) is 8.04. The van der Waals surface area contributed by atoms with E-state index >= 15 is 0 Å². The van der Waals surface area contributed by atoms with Gasteiger partial charge < -0.3 is 10.2 Å². The third kappa shape index (κ3) is 4.25. The van der Waals surface area contributed by atoms with Crippen LogP contribution in [0.15, 0.2) is 0 Å². The van der Waals surface area contributed by atoms with Crippen molar-refractivity contribution in [2.24, 2.45) is 0 Å². The van der Waals surface area contributed by atoms with Crippen LogP contribution in [0.3, 0.4) is 0 Å². The van der Waals surface area contributed by atoms with Crippen molar-refractivity contribution in [3.05, 3.63) is 0 Å². The predicted octanol–water partition coefficient (Wildman–Crippen LogP) is 2.61. The SMILES string of the molecule is O=C(Nc1nnc(N2CCC(N3CC[C@@H](F)C3)CC2)s1)NC1CCCC1. The van der Waals surface area contributed by atoms with Crippen molar-refractivity contribution in [2.75, 3.05) is 36.4 Å². The first-order valence-corrected chi connectivity index (χ1v) is 10.5. The summed E-state index contributed by atoms with van der Waals surface area (Å²) in [5.74, 6) is 0. The number of nitrogens with one attached hydrogen (secondary N) is 2. The molecule has 26 heavy (non-hydrogen) atoms. The molecule has 3 aliphatic rings. The number of rotatable bonds is 4. The van der Waals surface area contributed by atoms with Crippen LogP contribution in [-0.4, -0.2) is 65.6 Å². The number of likely N-dealkylation sites (tertiary alicyclic amines) is 1. The fourth-order valence-electron chi connectivity index (χ4n) is 4.28.